The third-order valence-electron chi connectivity index (χ3n) is 4.13. The quantitative estimate of drug-likeness (QED) is 0.582. The van der Waals surface area contributed by atoms with Crippen LogP contribution in [0.1, 0.15) is 0 Å². The predicted molar refractivity (Wildman–Crippen MR) is 94.6 cm³/mol. The molecule has 8 heteroatoms. The molecule has 0 unspecified atom stereocenters. The van der Waals surface area contributed by atoms with E-state index in [4.69, 9.17) is 0 Å². The highest BCUT2D eigenvalue weighted by molar-refractivity contribution is 7.17. The summed E-state index contributed by atoms with van der Waals surface area (Å²) in [6.07, 6.45) is 1.59. The summed E-state index contributed by atoms with van der Waals surface area (Å²) in [6, 6.07) is 6.72. The first-order chi connectivity index (χ1) is 11.7. The highest BCUT2D eigenvalue weighted by atomic mass is 32.1. The molecule has 122 valence electrons. The minimum Gasteiger partial charge on any atom is -0.353 e. The van der Waals surface area contributed by atoms with Crippen molar-refractivity contribution in [2.75, 3.05) is 31.1 Å². The number of anilines is 1. The number of nitrogens with one attached hydrogen (secondary N) is 1. The number of nitrogens with zero attached hydrogens (tertiary/aromatic N) is 4. The van der Waals surface area contributed by atoms with Gasteiger partial charge in [0.1, 0.15) is 17.0 Å². The summed E-state index contributed by atoms with van der Waals surface area (Å²) in [6.45, 7) is 3.61. The molecule has 24 heavy (non-hydrogen) atoms. The number of hydrogen-bond acceptors (Lipinski definition) is 7. The minimum absolute atomic E-state index is 0.0902. The molecule has 1 aromatic carbocycles. The maximum absolute atomic E-state index is 11.1. The van der Waals surface area contributed by atoms with Crippen LogP contribution in [0, 0.1) is 10.1 Å². The number of rotatable bonds is 3. The van der Waals surface area contributed by atoms with Crippen molar-refractivity contribution in [3.63, 3.8) is 0 Å². The Bertz CT molecular complexity index is 904. The molecule has 1 fully saturated rings. The average molecular weight is 341 g/mol. The highest BCUT2D eigenvalue weighted by Gasteiger charge is 2.20. The predicted octanol–water partition coefficient (Wildman–Crippen LogP) is 2.68. The lowest BCUT2D eigenvalue weighted by Gasteiger charge is -2.29. The van der Waals surface area contributed by atoms with Crippen LogP contribution in [-0.4, -0.2) is 41.1 Å². The molecule has 0 aliphatic carbocycles. The fraction of sp³-hybridized carbons (Fsp3) is 0.250. The third kappa shape index (κ3) is 2.59. The lowest BCUT2D eigenvalue weighted by atomic mass is 10.1. The Balaban J connectivity index is 1.87. The van der Waals surface area contributed by atoms with E-state index < -0.39 is 0 Å². The number of benzene rings is 1. The Labute approximate surface area is 142 Å². The lowest BCUT2D eigenvalue weighted by Crippen LogP contribution is -2.44. The molecule has 4 rings (SSSR count). The van der Waals surface area contributed by atoms with Gasteiger partial charge in [-0.1, -0.05) is 12.1 Å². The zero-order valence-corrected chi connectivity index (χ0v) is 13.6. The van der Waals surface area contributed by atoms with Gasteiger partial charge < -0.3 is 10.2 Å². The van der Waals surface area contributed by atoms with Crippen molar-refractivity contribution in [1.29, 1.82) is 0 Å². The number of non-ortho nitro benzene ring substituents is 1. The smallest absolute Gasteiger partial charge is 0.270 e. The maximum atomic E-state index is 11.1. The Morgan fingerprint density at radius 2 is 2.08 bits per heavy atom. The van der Waals surface area contributed by atoms with Crippen LogP contribution in [0.2, 0.25) is 0 Å². The van der Waals surface area contributed by atoms with Gasteiger partial charge in [0, 0.05) is 49.3 Å². The first-order valence-electron chi connectivity index (χ1n) is 7.67. The van der Waals surface area contributed by atoms with Crippen molar-refractivity contribution in [3.05, 3.63) is 46.1 Å². The fourth-order valence-corrected chi connectivity index (χ4v) is 3.89. The number of fused-ring (bicyclic) bond motifs is 1. The van der Waals surface area contributed by atoms with Crippen LogP contribution in [-0.2, 0) is 0 Å². The van der Waals surface area contributed by atoms with Crippen LogP contribution < -0.4 is 10.2 Å². The second-order valence-electron chi connectivity index (χ2n) is 5.57. The van der Waals surface area contributed by atoms with Crippen LogP contribution in [0.3, 0.4) is 0 Å². The van der Waals surface area contributed by atoms with Crippen LogP contribution in [0.25, 0.3) is 21.3 Å². The molecule has 2 aromatic heterocycles. The molecule has 0 amide bonds. The number of nitro benzene ring substituents is 1. The van der Waals surface area contributed by atoms with E-state index in [1.165, 1.54) is 17.4 Å². The fourth-order valence-electron chi connectivity index (χ4n) is 2.98. The summed E-state index contributed by atoms with van der Waals surface area (Å²) in [5.41, 5.74) is 1.86. The molecule has 3 aromatic rings. The van der Waals surface area contributed by atoms with E-state index in [1.54, 1.807) is 18.5 Å². The van der Waals surface area contributed by atoms with Gasteiger partial charge >= 0.3 is 0 Å². The van der Waals surface area contributed by atoms with Crippen molar-refractivity contribution in [1.82, 2.24) is 15.3 Å². The van der Waals surface area contributed by atoms with Crippen LogP contribution in [0.5, 0.6) is 0 Å². The van der Waals surface area contributed by atoms with E-state index in [2.05, 4.69) is 20.2 Å². The monoisotopic (exact) mass is 341 g/mol. The van der Waals surface area contributed by atoms with Crippen LogP contribution >= 0.6 is 11.3 Å². The molecule has 0 saturated carbocycles. The summed E-state index contributed by atoms with van der Waals surface area (Å²) in [4.78, 5) is 22.7. The first-order valence-corrected chi connectivity index (χ1v) is 8.55. The van der Waals surface area contributed by atoms with E-state index in [1.807, 2.05) is 11.4 Å². The molecule has 0 radical (unpaired) electrons. The Morgan fingerprint density at radius 3 is 2.88 bits per heavy atom. The number of aromatic nitrogens is 2. The van der Waals surface area contributed by atoms with Crippen molar-refractivity contribution in [3.8, 4) is 11.1 Å². The molecule has 3 heterocycles. The zero-order chi connectivity index (χ0) is 16.5. The van der Waals surface area contributed by atoms with Gasteiger partial charge in [0.05, 0.1) is 10.3 Å². The number of nitro groups is 1. The third-order valence-corrected chi connectivity index (χ3v) is 5.02. The van der Waals surface area contributed by atoms with Crippen molar-refractivity contribution in [2.45, 2.75) is 0 Å². The van der Waals surface area contributed by atoms with E-state index in [0.717, 1.165) is 53.3 Å². The molecule has 1 N–H and O–H groups in total. The molecule has 0 spiro atoms. The second-order valence-corrected chi connectivity index (χ2v) is 6.43. The molecular weight excluding hydrogens is 326 g/mol. The van der Waals surface area contributed by atoms with Gasteiger partial charge in [-0.2, -0.15) is 0 Å². The minimum atomic E-state index is -0.369. The van der Waals surface area contributed by atoms with Gasteiger partial charge in [-0.15, -0.1) is 11.3 Å². The molecule has 1 saturated heterocycles. The number of hydrogen-bond donors (Lipinski definition) is 1. The second kappa shape index (κ2) is 6.14. The number of piperazine rings is 1. The molecule has 0 bridgehead atoms. The molecule has 1 aliphatic heterocycles. The zero-order valence-electron chi connectivity index (χ0n) is 12.8. The summed E-state index contributed by atoms with van der Waals surface area (Å²) in [5.74, 6) is 0.907. The maximum Gasteiger partial charge on any atom is 0.270 e. The summed E-state index contributed by atoms with van der Waals surface area (Å²) in [7, 11) is 0. The van der Waals surface area contributed by atoms with Crippen LogP contribution in [0.15, 0.2) is 36.0 Å². The summed E-state index contributed by atoms with van der Waals surface area (Å²) < 4.78 is 0. The van der Waals surface area contributed by atoms with E-state index in [9.17, 15) is 10.1 Å². The van der Waals surface area contributed by atoms with Gasteiger partial charge in [0.2, 0.25) is 0 Å². The standard InChI is InChI=1S/C16H15N5O2S/c22-21(23)12-3-1-2-11(8-12)13-9-24-16-14(13)15(18-10-19-16)20-6-4-17-5-7-20/h1-3,8-10,17H,4-7H2. The van der Waals surface area contributed by atoms with Crippen molar-refractivity contribution in [2.24, 2.45) is 0 Å². The average Bonchev–Trinajstić information content (AvgIpc) is 3.07. The van der Waals surface area contributed by atoms with Crippen molar-refractivity contribution >= 4 is 33.1 Å². The van der Waals surface area contributed by atoms with E-state index in [-0.39, 0.29) is 10.6 Å². The van der Waals surface area contributed by atoms with E-state index >= 15 is 0 Å². The Hall–Kier alpha value is -2.58. The topological polar surface area (TPSA) is 84.2 Å². The normalized spacial score (nSPS) is 14.9. The number of thiophene rings is 1. The summed E-state index contributed by atoms with van der Waals surface area (Å²) >= 11 is 1.54. The van der Waals surface area contributed by atoms with Crippen molar-refractivity contribution < 1.29 is 4.92 Å². The van der Waals surface area contributed by atoms with Gasteiger partial charge in [0.25, 0.3) is 5.69 Å². The highest BCUT2D eigenvalue weighted by Crippen LogP contribution is 2.38. The van der Waals surface area contributed by atoms with E-state index in [0.29, 0.717) is 0 Å². The molecule has 7 nitrogen and oxygen atoms in total. The van der Waals surface area contributed by atoms with Gasteiger partial charge in [-0.25, -0.2) is 9.97 Å². The van der Waals surface area contributed by atoms with Gasteiger partial charge in [-0.05, 0) is 5.56 Å². The first kappa shape index (κ1) is 15.0. The molecular formula is C16H15N5O2S. The van der Waals surface area contributed by atoms with Gasteiger partial charge in [0.15, 0.2) is 0 Å². The Kier molecular flexibility index (Phi) is 3.83. The molecule has 1 aliphatic rings. The molecule has 0 atom stereocenters. The van der Waals surface area contributed by atoms with Crippen LogP contribution in [0.4, 0.5) is 11.5 Å². The lowest BCUT2D eigenvalue weighted by molar-refractivity contribution is -0.384. The van der Waals surface area contributed by atoms with Gasteiger partial charge in [-0.3, -0.25) is 10.1 Å². The largest absolute Gasteiger partial charge is 0.353 e. The Morgan fingerprint density at radius 1 is 1.25 bits per heavy atom. The SMILES string of the molecule is O=[N+]([O-])c1cccc(-c2csc3ncnc(N4CCNCC4)c23)c1. The summed E-state index contributed by atoms with van der Waals surface area (Å²) in [5, 5.41) is 17.4.